The van der Waals surface area contributed by atoms with Gasteiger partial charge >= 0.3 is 0 Å². The van der Waals surface area contributed by atoms with E-state index in [1.165, 1.54) is 25.7 Å². The predicted octanol–water partition coefficient (Wildman–Crippen LogP) is 1.46. The molecule has 3 nitrogen and oxygen atoms in total. The van der Waals surface area contributed by atoms with Crippen molar-refractivity contribution < 1.29 is 5.11 Å². The van der Waals surface area contributed by atoms with E-state index in [0.717, 1.165) is 31.6 Å². The Bertz CT molecular complexity index is 219. The second-order valence-electron chi connectivity index (χ2n) is 4.57. The van der Waals surface area contributed by atoms with Crippen molar-refractivity contribution in [3.63, 3.8) is 0 Å². The van der Waals surface area contributed by atoms with Gasteiger partial charge in [-0.1, -0.05) is 12.8 Å². The normalized spacial score (nSPS) is 25.9. The predicted molar refractivity (Wildman–Crippen MR) is 57.6 cm³/mol. The summed E-state index contributed by atoms with van der Waals surface area (Å²) in [6.07, 6.45) is 7.77. The third kappa shape index (κ3) is 2.47. The van der Waals surface area contributed by atoms with Crippen LogP contribution in [0.15, 0.2) is 4.99 Å². The van der Waals surface area contributed by atoms with Crippen molar-refractivity contribution in [1.82, 2.24) is 5.32 Å². The molecule has 0 radical (unpaired) electrons. The monoisotopic (exact) mass is 196 g/mol. The van der Waals surface area contributed by atoms with Crippen LogP contribution >= 0.6 is 0 Å². The molecule has 0 saturated heterocycles. The van der Waals surface area contributed by atoms with Gasteiger partial charge in [-0.3, -0.25) is 4.99 Å². The van der Waals surface area contributed by atoms with Crippen LogP contribution in [0.3, 0.4) is 0 Å². The highest BCUT2D eigenvalue weighted by Crippen LogP contribution is 2.28. The molecule has 0 unspecified atom stereocenters. The van der Waals surface area contributed by atoms with E-state index in [9.17, 15) is 5.11 Å². The van der Waals surface area contributed by atoms with Crippen molar-refractivity contribution in [2.24, 2.45) is 4.99 Å². The van der Waals surface area contributed by atoms with Crippen molar-refractivity contribution in [2.75, 3.05) is 13.1 Å². The molecule has 0 aromatic heterocycles. The highest BCUT2D eigenvalue weighted by atomic mass is 16.3. The lowest BCUT2D eigenvalue weighted by Crippen LogP contribution is -2.41. The average molecular weight is 196 g/mol. The summed E-state index contributed by atoms with van der Waals surface area (Å²) < 4.78 is 0. The molecule has 1 saturated carbocycles. The highest BCUT2D eigenvalue weighted by molar-refractivity contribution is 5.82. The van der Waals surface area contributed by atoms with Gasteiger partial charge in [-0.15, -0.1) is 0 Å². The summed E-state index contributed by atoms with van der Waals surface area (Å²) in [5, 5.41) is 13.4. The summed E-state index contributed by atoms with van der Waals surface area (Å²) in [7, 11) is 0. The Morgan fingerprint density at radius 2 is 2.00 bits per heavy atom. The number of hydrogen-bond acceptors (Lipinski definition) is 3. The van der Waals surface area contributed by atoms with E-state index in [0.29, 0.717) is 6.54 Å². The Labute approximate surface area is 85.6 Å². The lowest BCUT2D eigenvalue weighted by molar-refractivity contribution is 0.0522. The minimum Gasteiger partial charge on any atom is -0.388 e. The summed E-state index contributed by atoms with van der Waals surface area (Å²) in [6, 6.07) is 0. The number of rotatable bonds is 2. The molecule has 80 valence electrons. The van der Waals surface area contributed by atoms with Gasteiger partial charge in [-0.25, -0.2) is 0 Å². The molecule has 1 aliphatic heterocycles. The third-order valence-electron chi connectivity index (χ3n) is 3.28. The molecule has 1 aliphatic carbocycles. The Kier molecular flexibility index (Phi) is 3.06. The van der Waals surface area contributed by atoms with Crippen LogP contribution < -0.4 is 5.32 Å². The Morgan fingerprint density at radius 3 is 2.64 bits per heavy atom. The van der Waals surface area contributed by atoms with Crippen molar-refractivity contribution in [3.05, 3.63) is 0 Å². The van der Waals surface area contributed by atoms with Crippen molar-refractivity contribution in [3.8, 4) is 0 Å². The number of hydrogen-bond donors (Lipinski definition) is 2. The molecule has 0 aromatic carbocycles. The van der Waals surface area contributed by atoms with Gasteiger partial charge < -0.3 is 10.4 Å². The zero-order chi connectivity index (χ0) is 9.86. The third-order valence-corrected chi connectivity index (χ3v) is 3.28. The Morgan fingerprint density at radius 1 is 1.21 bits per heavy atom. The van der Waals surface area contributed by atoms with Gasteiger partial charge in [0, 0.05) is 19.5 Å². The van der Waals surface area contributed by atoms with Gasteiger partial charge in [0.05, 0.1) is 11.4 Å². The first-order valence-corrected chi connectivity index (χ1v) is 5.78. The molecule has 2 N–H and O–H groups in total. The molecular weight excluding hydrogens is 176 g/mol. The van der Waals surface area contributed by atoms with Crippen molar-refractivity contribution in [1.29, 1.82) is 0 Å². The van der Waals surface area contributed by atoms with E-state index in [2.05, 4.69) is 10.3 Å². The largest absolute Gasteiger partial charge is 0.388 e. The molecule has 2 aliphatic rings. The van der Waals surface area contributed by atoms with E-state index in [-0.39, 0.29) is 0 Å². The molecule has 0 amide bonds. The maximum absolute atomic E-state index is 10.1. The number of nitrogens with zero attached hydrogens (tertiary/aromatic N) is 1. The molecule has 0 bridgehead atoms. The maximum Gasteiger partial charge on any atom is 0.0964 e. The number of aliphatic hydroxyl groups is 1. The van der Waals surface area contributed by atoms with Crippen LogP contribution in [0.25, 0.3) is 0 Å². The standard InChI is InChI=1S/C11H20N2O/c14-11(6-2-3-7-11)9-13-10-5-1-4-8-12-10/h14H,1-9H2,(H,12,13). The summed E-state index contributed by atoms with van der Waals surface area (Å²) >= 11 is 0. The number of amidine groups is 1. The molecule has 1 fully saturated rings. The first-order chi connectivity index (χ1) is 6.79. The lowest BCUT2D eigenvalue weighted by Gasteiger charge is -2.24. The van der Waals surface area contributed by atoms with Crippen molar-refractivity contribution >= 4 is 5.84 Å². The van der Waals surface area contributed by atoms with E-state index >= 15 is 0 Å². The zero-order valence-corrected chi connectivity index (χ0v) is 8.76. The fraction of sp³-hybridized carbons (Fsp3) is 0.909. The van der Waals surface area contributed by atoms with Crippen LogP contribution in [0.5, 0.6) is 0 Å². The van der Waals surface area contributed by atoms with Crippen LogP contribution in [-0.2, 0) is 0 Å². The Balaban J connectivity index is 1.78. The first-order valence-electron chi connectivity index (χ1n) is 5.78. The zero-order valence-electron chi connectivity index (χ0n) is 8.76. The smallest absolute Gasteiger partial charge is 0.0964 e. The van der Waals surface area contributed by atoms with Gasteiger partial charge in [0.15, 0.2) is 0 Å². The number of aliphatic imine (C=N–C) groups is 1. The van der Waals surface area contributed by atoms with Crippen LogP contribution in [0.1, 0.15) is 44.9 Å². The van der Waals surface area contributed by atoms with E-state index < -0.39 is 5.60 Å². The first kappa shape index (κ1) is 9.97. The van der Waals surface area contributed by atoms with Crippen LogP contribution in [-0.4, -0.2) is 29.6 Å². The molecule has 0 aromatic rings. The summed E-state index contributed by atoms with van der Waals surface area (Å²) in [6.45, 7) is 1.66. The van der Waals surface area contributed by atoms with E-state index in [1.807, 2.05) is 0 Å². The summed E-state index contributed by atoms with van der Waals surface area (Å²) in [5.41, 5.74) is -0.444. The number of nitrogens with one attached hydrogen (secondary N) is 1. The topological polar surface area (TPSA) is 44.6 Å². The average Bonchev–Trinajstić information content (AvgIpc) is 2.65. The minimum absolute atomic E-state index is 0.444. The fourth-order valence-corrected chi connectivity index (χ4v) is 2.32. The van der Waals surface area contributed by atoms with Gasteiger partial charge in [0.2, 0.25) is 0 Å². The molecule has 0 atom stereocenters. The second kappa shape index (κ2) is 4.30. The SMILES string of the molecule is OC1(CNC2=NCCCC2)CCCC1. The highest BCUT2D eigenvalue weighted by Gasteiger charge is 2.30. The molecular formula is C11H20N2O. The van der Waals surface area contributed by atoms with E-state index in [4.69, 9.17) is 0 Å². The minimum atomic E-state index is -0.444. The summed E-state index contributed by atoms with van der Waals surface area (Å²) in [4.78, 5) is 4.42. The molecule has 2 rings (SSSR count). The second-order valence-corrected chi connectivity index (χ2v) is 4.57. The lowest BCUT2D eigenvalue weighted by atomic mass is 10.0. The van der Waals surface area contributed by atoms with Gasteiger partial charge in [-0.2, -0.15) is 0 Å². The van der Waals surface area contributed by atoms with Gasteiger partial charge in [0.25, 0.3) is 0 Å². The summed E-state index contributed by atoms with van der Waals surface area (Å²) in [5.74, 6) is 1.11. The van der Waals surface area contributed by atoms with E-state index in [1.54, 1.807) is 0 Å². The van der Waals surface area contributed by atoms with Gasteiger partial charge in [0.1, 0.15) is 0 Å². The van der Waals surface area contributed by atoms with Crippen LogP contribution in [0.2, 0.25) is 0 Å². The van der Waals surface area contributed by atoms with Crippen LogP contribution in [0.4, 0.5) is 0 Å². The molecule has 1 heterocycles. The molecule has 14 heavy (non-hydrogen) atoms. The van der Waals surface area contributed by atoms with Crippen molar-refractivity contribution in [2.45, 2.75) is 50.5 Å². The molecule has 3 heteroatoms. The van der Waals surface area contributed by atoms with Gasteiger partial charge in [-0.05, 0) is 25.7 Å². The maximum atomic E-state index is 10.1. The Hall–Kier alpha value is -0.570. The quantitative estimate of drug-likeness (QED) is 0.702. The fourth-order valence-electron chi connectivity index (χ4n) is 2.32. The van der Waals surface area contributed by atoms with Crippen LogP contribution in [0, 0.1) is 0 Å². The molecule has 0 spiro atoms.